The summed E-state index contributed by atoms with van der Waals surface area (Å²) in [5.41, 5.74) is 7.49. The summed E-state index contributed by atoms with van der Waals surface area (Å²) in [7, 11) is 0. The SMILES string of the molecule is NC(=O)c1cc(-c2csc(NC(=O)C3CCN(c4ccc(Cl)cc4)C3=O)n2)c[nH]1. The van der Waals surface area contributed by atoms with Crippen molar-refractivity contribution in [1.82, 2.24) is 9.97 Å². The van der Waals surface area contributed by atoms with Crippen molar-refractivity contribution < 1.29 is 14.4 Å². The smallest absolute Gasteiger partial charge is 0.265 e. The molecule has 29 heavy (non-hydrogen) atoms. The van der Waals surface area contributed by atoms with Crippen molar-refractivity contribution in [3.8, 4) is 11.3 Å². The maximum Gasteiger partial charge on any atom is 0.265 e. The standard InChI is InChI=1S/C19H16ClN5O3S/c20-11-1-3-12(4-2-11)25-6-5-13(18(25)28)17(27)24-19-23-15(9-29-19)10-7-14(16(21)26)22-8-10/h1-4,7-9,13,22H,5-6H2,(H2,21,26)(H,23,24,27). The van der Waals surface area contributed by atoms with E-state index in [2.05, 4.69) is 15.3 Å². The molecule has 1 aromatic carbocycles. The highest BCUT2D eigenvalue weighted by Gasteiger charge is 2.37. The number of nitrogens with one attached hydrogen (secondary N) is 2. The first-order chi connectivity index (χ1) is 13.9. The molecule has 0 spiro atoms. The first-order valence-corrected chi connectivity index (χ1v) is 10.00. The van der Waals surface area contributed by atoms with Gasteiger partial charge in [0, 0.05) is 34.4 Å². The van der Waals surface area contributed by atoms with Crippen LogP contribution in [0.3, 0.4) is 0 Å². The van der Waals surface area contributed by atoms with Gasteiger partial charge in [-0.2, -0.15) is 0 Å². The molecule has 10 heteroatoms. The zero-order valence-corrected chi connectivity index (χ0v) is 16.6. The van der Waals surface area contributed by atoms with Gasteiger partial charge in [0.25, 0.3) is 5.91 Å². The average Bonchev–Trinajstić information content (AvgIpc) is 3.41. The molecule has 4 N–H and O–H groups in total. The van der Waals surface area contributed by atoms with Gasteiger partial charge in [-0.15, -0.1) is 11.3 Å². The highest BCUT2D eigenvalue weighted by Crippen LogP contribution is 2.29. The summed E-state index contributed by atoms with van der Waals surface area (Å²) in [5, 5.41) is 5.43. The van der Waals surface area contributed by atoms with Crippen LogP contribution < -0.4 is 16.0 Å². The number of amides is 3. The van der Waals surface area contributed by atoms with Crippen LogP contribution in [0.2, 0.25) is 5.02 Å². The Labute approximate surface area is 174 Å². The summed E-state index contributed by atoms with van der Waals surface area (Å²) < 4.78 is 0. The quantitative estimate of drug-likeness (QED) is 0.540. The Morgan fingerprint density at radius 2 is 2.07 bits per heavy atom. The van der Waals surface area contributed by atoms with Crippen molar-refractivity contribution >= 4 is 51.5 Å². The van der Waals surface area contributed by atoms with E-state index in [4.69, 9.17) is 17.3 Å². The molecule has 0 aliphatic carbocycles. The molecule has 3 heterocycles. The van der Waals surface area contributed by atoms with Crippen LogP contribution in [0.5, 0.6) is 0 Å². The maximum atomic E-state index is 12.7. The fraction of sp³-hybridized carbons (Fsp3) is 0.158. The van der Waals surface area contributed by atoms with Gasteiger partial charge < -0.3 is 20.9 Å². The Kier molecular flexibility index (Phi) is 5.08. The zero-order valence-electron chi connectivity index (χ0n) is 15.0. The number of primary amides is 1. The molecule has 1 atom stereocenters. The van der Waals surface area contributed by atoms with E-state index in [-0.39, 0.29) is 17.5 Å². The highest BCUT2D eigenvalue weighted by atomic mass is 35.5. The first-order valence-electron chi connectivity index (χ1n) is 8.74. The predicted octanol–water partition coefficient (Wildman–Crippen LogP) is 2.88. The number of aromatic amines is 1. The number of hydrogen-bond donors (Lipinski definition) is 3. The lowest BCUT2D eigenvalue weighted by Gasteiger charge is -2.16. The minimum absolute atomic E-state index is 0.252. The number of carbonyl (C=O) groups is 3. The van der Waals surface area contributed by atoms with Gasteiger partial charge in [0.2, 0.25) is 11.8 Å². The van der Waals surface area contributed by atoms with Gasteiger partial charge in [-0.25, -0.2) is 4.98 Å². The van der Waals surface area contributed by atoms with Gasteiger partial charge in [0.15, 0.2) is 5.13 Å². The van der Waals surface area contributed by atoms with Crippen LogP contribution in [0.15, 0.2) is 41.9 Å². The lowest BCUT2D eigenvalue weighted by atomic mass is 10.1. The highest BCUT2D eigenvalue weighted by molar-refractivity contribution is 7.14. The van der Waals surface area contributed by atoms with E-state index in [9.17, 15) is 14.4 Å². The van der Waals surface area contributed by atoms with Gasteiger partial charge in [-0.05, 0) is 36.8 Å². The lowest BCUT2D eigenvalue weighted by Crippen LogP contribution is -2.33. The van der Waals surface area contributed by atoms with Crippen LogP contribution in [0.4, 0.5) is 10.8 Å². The molecule has 1 unspecified atom stereocenters. The Morgan fingerprint density at radius 3 is 2.76 bits per heavy atom. The molecule has 0 radical (unpaired) electrons. The molecule has 1 saturated heterocycles. The van der Waals surface area contributed by atoms with Gasteiger partial charge in [0.05, 0.1) is 5.69 Å². The average molecular weight is 430 g/mol. The van der Waals surface area contributed by atoms with E-state index in [1.807, 2.05) is 0 Å². The van der Waals surface area contributed by atoms with Crippen molar-refractivity contribution in [3.05, 3.63) is 52.6 Å². The van der Waals surface area contributed by atoms with E-state index in [0.717, 1.165) is 0 Å². The topological polar surface area (TPSA) is 121 Å². The molecule has 3 amide bonds. The molecule has 0 saturated carbocycles. The number of nitrogens with zero attached hydrogens (tertiary/aromatic N) is 2. The van der Waals surface area contributed by atoms with Crippen LogP contribution >= 0.6 is 22.9 Å². The van der Waals surface area contributed by atoms with Crippen LogP contribution in [0.25, 0.3) is 11.3 Å². The zero-order chi connectivity index (χ0) is 20.5. The number of halogens is 1. The number of benzene rings is 1. The largest absolute Gasteiger partial charge is 0.364 e. The van der Waals surface area contributed by atoms with Gasteiger partial charge in [0.1, 0.15) is 11.6 Å². The Morgan fingerprint density at radius 1 is 1.31 bits per heavy atom. The number of rotatable bonds is 5. The molecule has 1 fully saturated rings. The summed E-state index contributed by atoms with van der Waals surface area (Å²) in [6.45, 7) is 0.459. The van der Waals surface area contributed by atoms with Gasteiger partial charge in [-0.3, -0.25) is 14.4 Å². The van der Waals surface area contributed by atoms with E-state index < -0.39 is 11.8 Å². The Balaban J connectivity index is 1.43. The van der Waals surface area contributed by atoms with Crippen molar-refractivity contribution in [2.75, 3.05) is 16.8 Å². The van der Waals surface area contributed by atoms with Crippen molar-refractivity contribution in [1.29, 1.82) is 0 Å². The minimum Gasteiger partial charge on any atom is -0.364 e. The third kappa shape index (κ3) is 3.87. The summed E-state index contributed by atoms with van der Waals surface area (Å²) in [6, 6.07) is 8.52. The molecule has 8 nitrogen and oxygen atoms in total. The molecule has 4 rings (SSSR count). The second kappa shape index (κ2) is 7.69. The molecule has 2 aromatic heterocycles. The van der Waals surface area contributed by atoms with Gasteiger partial charge >= 0.3 is 0 Å². The molecular formula is C19H16ClN5O3S. The number of H-pyrrole nitrogens is 1. The van der Waals surface area contributed by atoms with E-state index in [1.54, 1.807) is 46.8 Å². The van der Waals surface area contributed by atoms with E-state index in [1.165, 1.54) is 11.3 Å². The van der Waals surface area contributed by atoms with Crippen LogP contribution in [-0.2, 0) is 9.59 Å². The van der Waals surface area contributed by atoms with Crippen molar-refractivity contribution in [3.63, 3.8) is 0 Å². The third-order valence-electron chi connectivity index (χ3n) is 4.64. The van der Waals surface area contributed by atoms with E-state index >= 15 is 0 Å². The number of thiazole rings is 1. The molecule has 0 bridgehead atoms. The number of nitrogens with two attached hydrogens (primary N) is 1. The molecule has 148 valence electrons. The number of hydrogen-bond acceptors (Lipinski definition) is 5. The molecular weight excluding hydrogens is 414 g/mol. The van der Waals surface area contributed by atoms with Crippen LogP contribution in [0, 0.1) is 5.92 Å². The Hall–Kier alpha value is -3.17. The lowest BCUT2D eigenvalue weighted by molar-refractivity contribution is -0.129. The summed E-state index contributed by atoms with van der Waals surface area (Å²) >= 11 is 7.13. The van der Waals surface area contributed by atoms with Gasteiger partial charge in [-0.1, -0.05) is 11.6 Å². The minimum atomic E-state index is -0.772. The summed E-state index contributed by atoms with van der Waals surface area (Å²) in [5.74, 6) is -1.98. The normalized spacial score (nSPS) is 16.2. The monoisotopic (exact) mass is 429 g/mol. The predicted molar refractivity (Wildman–Crippen MR) is 111 cm³/mol. The second-order valence-corrected chi connectivity index (χ2v) is 7.80. The summed E-state index contributed by atoms with van der Waals surface area (Å²) in [6.07, 6.45) is 2.04. The molecule has 3 aromatic rings. The van der Waals surface area contributed by atoms with Crippen molar-refractivity contribution in [2.24, 2.45) is 11.7 Å². The van der Waals surface area contributed by atoms with Crippen molar-refractivity contribution in [2.45, 2.75) is 6.42 Å². The molecule has 1 aliphatic heterocycles. The van der Waals surface area contributed by atoms with Crippen LogP contribution in [0.1, 0.15) is 16.9 Å². The summed E-state index contributed by atoms with van der Waals surface area (Å²) in [4.78, 5) is 45.2. The van der Waals surface area contributed by atoms with E-state index in [0.29, 0.717) is 40.1 Å². The first kappa shape index (κ1) is 19.2. The van der Waals surface area contributed by atoms with Crippen LogP contribution in [-0.4, -0.2) is 34.2 Å². The second-order valence-electron chi connectivity index (χ2n) is 6.50. The maximum absolute atomic E-state index is 12.7. The number of anilines is 2. The fourth-order valence-electron chi connectivity index (χ4n) is 3.14. The molecule has 1 aliphatic rings. The Bertz CT molecular complexity index is 1090. The third-order valence-corrected chi connectivity index (χ3v) is 5.65. The number of aromatic nitrogens is 2. The fourth-order valence-corrected chi connectivity index (χ4v) is 3.99. The number of carbonyl (C=O) groups excluding carboxylic acids is 3.